The number of alkyl halides is 3. The molecule has 2 aromatic rings. The third kappa shape index (κ3) is 5.37. The lowest BCUT2D eigenvalue weighted by Gasteiger charge is -2.29. The zero-order valence-corrected chi connectivity index (χ0v) is 17.8. The van der Waals surface area contributed by atoms with E-state index in [1.54, 1.807) is 19.5 Å². The monoisotopic (exact) mass is 445 g/mol. The van der Waals surface area contributed by atoms with E-state index in [1.165, 1.54) is 11.1 Å². The van der Waals surface area contributed by atoms with Crippen LogP contribution in [0.15, 0.2) is 41.2 Å². The first-order valence-corrected chi connectivity index (χ1v) is 10.5. The van der Waals surface area contributed by atoms with Gasteiger partial charge in [0, 0.05) is 50.8 Å². The van der Waals surface area contributed by atoms with E-state index in [-0.39, 0.29) is 17.8 Å². The largest absolute Gasteiger partial charge is 0.421 e. The molecule has 170 valence electrons. The molecule has 4 N–H and O–H groups in total. The van der Waals surface area contributed by atoms with Crippen LogP contribution in [0.5, 0.6) is 0 Å². The van der Waals surface area contributed by atoms with E-state index in [2.05, 4.69) is 30.5 Å². The number of halogens is 3. The van der Waals surface area contributed by atoms with Gasteiger partial charge < -0.3 is 16.4 Å². The second kappa shape index (κ2) is 9.15. The summed E-state index contributed by atoms with van der Waals surface area (Å²) >= 11 is 0. The van der Waals surface area contributed by atoms with Gasteiger partial charge in [-0.3, -0.25) is 9.89 Å². The quantitative estimate of drug-likeness (QED) is 0.563. The molecule has 0 radical (unpaired) electrons. The number of aliphatic imine (C=N–C) groups is 1. The van der Waals surface area contributed by atoms with E-state index < -0.39 is 11.7 Å². The van der Waals surface area contributed by atoms with Crippen molar-refractivity contribution in [3.8, 4) is 0 Å². The summed E-state index contributed by atoms with van der Waals surface area (Å²) in [5.74, 6) is -0.0411. The molecule has 32 heavy (non-hydrogen) atoms. The minimum atomic E-state index is -4.50. The summed E-state index contributed by atoms with van der Waals surface area (Å²) in [6, 6.07) is 5.97. The number of benzene rings is 1. The van der Waals surface area contributed by atoms with Gasteiger partial charge >= 0.3 is 6.18 Å². The van der Waals surface area contributed by atoms with Crippen LogP contribution < -0.4 is 16.4 Å². The Kier molecular flexibility index (Phi) is 6.31. The van der Waals surface area contributed by atoms with Crippen LogP contribution >= 0.6 is 0 Å². The molecule has 1 fully saturated rings. The van der Waals surface area contributed by atoms with Crippen molar-refractivity contribution in [3.05, 3.63) is 52.9 Å². The van der Waals surface area contributed by atoms with E-state index >= 15 is 0 Å². The zero-order valence-electron chi connectivity index (χ0n) is 17.8. The van der Waals surface area contributed by atoms with Gasteiger partial charge in [-0.25, -0.2) is 4.98 Å². The lowest BCUT2D eigenvalue weighted by molar-refractivity contribution is -0.137. The molecule has 0 atom stereocenters. The molecule has 10 heteroatoms. The maximum Gasteiger partial charge on any atom is 0.421 e. The highest BCUT2D eigenvalue weighted by atomic mass is 19.4. The molecule has 2 heterocycles. The standard InChI is InChI=1S/C22H26F3N7/c1-27-10-14(9-26)12-32-7-6-15-8-18(3-2-16(15)13-32)30-21-28-11-19(22(23,24)25)20(31-21)29-17-4-5-17/h2-3,8-11,17H,4-7,12-13,26H2,1H3,(H2,28,29,30,31). The summed E-state index contributed by atoms with van der Waals surface area (Å²) < 4.78 is 39.8. The maximum absolute atomic E-state index is 13.3. The molecule has 7 nitrogen and oxygen atoms in total. The molecule has 0 saturated heterocycles. The SMILES string of the molecule is CN=CC(=CN)CN1CCc2cc(Nc3ncc(C(F)(F)F)c(NC4CC4)n3)ccc2C1. The highest BCUT2D eigenvalue weighted by Gasteiger charge is 2.36. The van der Waals surface area contributed by atoms with Crippen LogP contribution in [0.2, 0.25) is 0 Å². The number of nitrogens with one attached hydrogen (secondary N) is 2. The average molecular weight is 445 g/mol. The highest BCUT2D eigenvalue weighted by Crippen LogP contribution is 2.36. The van der Waals surface area contributed by atoms with Gasteiger partial charge in [-0.15, -0.1) is 0 Å². The smallest absolute Gasteiger partial charge is 0.404 e. The fourth-order valence-electron chi connectivity index (χ4n) is 3.69. The van der Waals surface area contributed by atoms with E-state index in [9.17, 15) is 13.2 Å². The number of fused-ring (bicyclic) bond motifs is 1. The predicted octanol–water partition coefficient (Wildman–Crippen LogP) is 3.71. The first-order chi connectivity index (χ1) is 15.4. The Morgan fingerprint density at radius 1 is 1.31 bits per heavy atom. The Labute approximate surface area is 184 Å². The summed E-state index contributed by atoms with van der Waals surface area (Å²) in [5, 5.41) is 5.91. The molecule has 1 aliphatic heterocycles. The molecule has 1 saturated carbocycles. The fraction of sp³-hybridized carbons (Fsp3) is 0.409. The third-order valence-corrected chi connectivity index (χ3v) is 5.48. The summed E-state index contributed by atoms with van der Waals surface area (Å²) in [5.41, 5.74) is 8.93. The van der Waals surface area contributed by atoms with Gasteiger partial charge in [-0.2, -0.15) is 18.2 Å². The molecular weight excluding hydrogens is 419 g/mol. The van der Waals surface area contributed by atoms with Crippen molar-refractivity contribution in [1.82, 2.24) is 14.9 Å². The number of hydrogen-bond donors (Lipinski definition) is 3. The molecule has 1 aliphatic carbocycles. The first kappa shape index (κ1) is 22.1. The van der Waals surface area contributed by atoms with Crippen LogP contribution in [0, 0.1) is 0 Å². The fourth-order valence-corrected chi connectivity index (χ4v) is 3.69. The average Bonchev–Trinajstić information content (AvgIpc) is 3.57. The maximum atomic E-state index is 13.3. The lowest BCUT2D eigenvalue weighted by atomic mass is 9.98. The summed E-state index contributed by atoms with van der Waals surface area (Å²) in [4.78, 5) is 14.3. The molecule has 1 aromatic heterocycles. The van der Waals surface area contributed by atoms with Gasteiger partial charge in [-0.1, -0.05) is 6.07 Å². The van der Waals surface area contributed by atoms with Gasteiger partial charge in [0.1, 0.15) is 11.4 Å². The van der Waals surface area contributed by atoms with Gasteiger partial charge in [-0.05, 0) is 54.3 Å². The Morgan fingerprint density at radius 3 is 2.81 bits per heavy atom. The number of aromatic nitrogens is 2. The highest BCUT2D eigenvalue weighted by molar-refractivity contribution is 5.78. The summed E-state index contributed by atoms with van der Waals surface area (Å²) in [6.07, 6.45) is 2.21. The zero-order chi connectivity index (χ0) is 22.7. The lowest BCUT2D eigenvalue weighted by Crippen LogP contribution is -2.32. The van der Waals surface area contributed by atoms with Crippen molar-refractivity contribution in [2.45, 2.75) is 38.0 Å². The van der Waals surface area contributed by atoms with Gasteiger partial charge in [0.05, 0.1) is 0 Å². The topological polar surface area (TPSA) is 91.5 Å². The van der Waals surface area contributed by atoms with Gasteiger partial charge in [0.25, 0.3) is 0 Å². The molecule has 0 spiro atoms. The number of anilines is 3. The Hall–Kier alpha value is -3.14. The molecule has 0 unspecified atom stereocenters. The minimum absolute atomic E-state index is 0.0452. The van der Waals surface area contributed by atoms with Crippen LogP contribution in [0.25, 0.3) is 0 Å². The van der Waals surface area contributed by atoms with E-state index in [0.29, 0.717) is 0 Å². The first-order valence-electron chi connectivity index (χ1n) is 10.5. The number of rotatable bonds is 7. The Bertz CT molecular complexity index is 1030. The molecule has 1 aromatic carbocycles. The van der Waals surface area contributed by atoms with Crippen LogP contribution in [0.3, 0.4) is 0 Å². The van der Waals surface area contributed by atoms with Crippen molar-refractivity contribution < 1.29 is 13.2 Å². The van der Waals surface area contributed by atoms with Crippen LogP contribution in [0.1, 0.15) is 29.5 Å². The van der Waals surface area contributed by atoms with E-state index in [0.717, 1.165) is 56.4 Å². The van der Waals surface area contributed by atoms with E-state index in [4.69, 9.17) is 5.73 Å². The second-order valence-electron chi connectivity index (χ2n) is 8.07. The van der Waals surface area contributed by atoms with Crippen molar-refractivity contribution in [2.24, 2.45) is 10.7 Å². The van der Waals surface area contributed by atoms with E-state index in [1.807, 2.05) is 18.2 Å². The molecule has 4 rings (SSSR count). The van der Waals surface area contributed by atoms with Crippen LogP contribution in [-0.4, -0.2) is 47.3 Å². The second-order valence-corrected chi connectivity index (χ2v) is 8.07. The number of hydrogen-bond acceptors (Lipinski definition) is 7. The van der Waals surface area contributed by atoms with Gasteiger partial charge in [0.15, 0.2) is 0 Å². The third-order valence-electron chi connectivity index (χ3n) is 5.48. The Balaban J connectivity index is 1.47. The van der Waals surface area contributed by atoms with Crippen molar-refractivity contribution in [2.75, 3.05) is 30.8 Å². The number of nitrogens with zero attached hydrogens (tertiary/aromatic N) is 4. The molecule has 2 aliphatic rings. The number of nitrogens with two attached hydrogens (primary N) is 1. The molecule has 0 bridgehead atoms. The minimum Gasteiger partial charge on any atom is -0.404 e. The van der Waals surface area contributed by atoms with Crippen molar-refractivity contribution in [3.63, 3.8) is 0 Å². The van der Waals surface area contributed by atoms with Crippen LogP contribution in [0.4, 0.5) is 30.6 Å². The summed E-state index contributed by atoms with van der Waals surface area (Å²) in [6.45, 7) is 2.39. The Morgan fingerprint density at radius 2 is 2.12 bits per heavy atom. The van der Waals surface area contributed by atoms with Crippen LogP contribution in [-0.2, 0) is 19.1 Å². The molecule has 0 amide bonds. The molecular formula is C22H26F3N7. The van der Waals surface area contributed by atoms with Crippen molar-refractivity contribution >= 4 is 23.7 Å². The predicted molar refractivity (Wildman–Crippen MR) is 119 cm³/mol. The normalized spacial score (nSPS) is 17.4. The summed E-state index contributed by atoms with van der Waals surface area (Å²) in [7, 11) is 1.72. The van der Waals surface area contributed by atoms with Crippen molar-refractivity contribution in [1.29, 1.82) is 0 Å². The van der Waals surface area contributed by atoms with Gasteiger partial charge in [0.2, 0.25) is 5.95 Å².